The van der Waals surface area contributed by atoms with Crippen LogP contribution in [-0.4, -0.2) is 37.1 Å². The van der Waals surface area contributed by atoms with Gasteiger partial charge in [0.05, 0.1) is 0 Å². The van der Waals surface area contributed by atoms with Gasteiger partial charge in [0, 0.05) is 12.1 Å². The van der Waals surface area contributed by atoms with Crippen LogP contribution in [-0.2, 0) is 0 Å². The quantitative estimate of drug-likeness (QED) is 0.735. The van der Waals surface area contributed by atoms with Crippen LogP contribution in [0.25, 0.3) is 0 Å². The Balaban J connectivity index is 2.28. The molecule has 1 rings (SSSR count). The highest BCUT2D eigenvalue weighted by Crippen LogP contribution is 2.23. The van der Waals surface area contributed by atoms with E-state index >= 15 is 0 Å². The van der Waals surface area contributed by atoms with Crippen LogP contribution in [0.15, 0.2) is 0 Å². The monoisotopic (exact) mass is 240 g/mol. The molecule has 17 heavy (non-hydrogen) atoms. The fourth-order valence-corrected chi connectivity index (χ4v) is 2.76. The molecule has 0 amide bonds. The van der Waals surface area contributed by atoms with E-state index in [0.717, 1.165) is 5.92 Å². The van der Waals surface area contributed by atoms with Gasteiger partial charge in [-0.25, -0.2) is 0 Å². The van der Waals surface area contributed by atoms with Crippen LogP contribution >= 0.6 is 0 Å². The van der Waals surface area contributed by atoms with Gasteiger partial charge in [0.1, 0.15) is 0 Å². The van der Waals surface area contributed by atoms with Crippen LogP contribution in [0.3, 0.4) is 0 Å². The third-order valence-corrected chi connectivity index (χ3v) is 4.62. The maximum atomic E-state index is 3.48. The molecule has 0 aliphatic carbocycles. The van der Waals surface area contributed by atoms with E-state index in [4.69, 9.17) is 0 Å². The van der Waals surface area contributed by atoms with E-state index in [0.29, 0.717) is 5.54 Å². The lowest BCUT2D eigenvalue weighted by Gasteiger charge is -2.40. The highest BCUT2D eigenvalue weighted by molar-refractivity contribution is 4.88. The summed E-state index contributed by atoms with van der Waals surface area (Å²) < 4.78 is 0. The number of hydrogen-bond acceptors (Lipinski definition) is 2. The van der Waals surface area contributed by atoms with Gasteiger partial charge in [-0.2, -0.15) is 0 Å². The van der Waals surface area contributed by atoms with E-state index in [1.165, 1.54) is 58.2 Å². The first-order chi connectivity index (χ1) is 8.13. The first kappa shape index (κ1) is 15.0. The van der Waals surface area contributed by atoms with Crippen molar-refractivity contribution in [1.82, 2.24) is 10.2 Å². The van der Waals surface area contributed by atoms with Gasteiger partial charge in [0.2, 0.25) is 0 Å². The predicted octanol–water partition coefficient (Wildman–Crippen LogP) is 3.28. The minimum Gasteiger partial charge on any atom is -0.314 e. The number of piperidine rings is 1. The second-order valence-electron chi connectivity index (χ2n) is 6.03. The fraction of sp³-hybridized carbons (Fsp3) is 1.00. The van der Waals surface area contributed by atoms with Gasteiger partial charge in [0.25, 0.3) is 0 Å². The number of nitrogens with one attached hydrogen (secondary N) is 1. The van der Waals surface area contributed by atoms with Crippen molar-refractivity contribution >= 4 is 0 Å². The molecule has 1 fully saturated rings. The van der Waals surface area contributed by atoms with Crippen LogP contribution in [0.2, 0.25) is 0 Å². The van der Waals surface area contributed by atoms with Gasteiger partial charge >= 0.3 is 0 Å². The van der Waals surface area contributed by atoms with Crippen LogP contribution in [0.1, 0.15) is 59.3 Å². The van der Waals surface area contributed by atoms with Crippen molar-refractivity contribution in [2.24, 2.45) is 5.92 Å². The first-order valence-corrected chi connectivity index (χ1v) is 7.54. The number of unbranched alkanes of at least 4 members (excludes halogenated alkanes) is 1. The lowest BCUT2D eigenvalue weighted by molar-refractivity contribution is 0.130. The summed E-state index contributed by atoms with van der Waals surface area (Å²) in [6.07, 6.45) is 8.11. The molecule has 1 heterocycles. The summed E-state index contributed by atoms with van der Waals surface area (Å²) in [7, 11) is 2.10. The molecule has 1 N–H and O–H groups in total. The SMILES string of the molecule is CCCCC(CC)CN1CCC(C)(NC)CC1. The molecule has 1 unspecified atom stereocenters. The van der Waals surface area contributed by atoms with Crippen LogP contribution in [0.4, 0.5) is 0 Å². The van der Waals surface area contributed by atoms with E-state index in [9.17, 15) is 0 Å². The maximum Gasteiger partial charge on any atom is 0.0174 e. The molecule has 0 bridgehead atoms. The molecular formula is C15H32N2. The zero-order chi connectivity index (χ0) is 12.7. The predicted molar refractivity (Wildman–Crippen MR) is 76.4 cm³/mol. The second-order valence-corrected chi connectivity index (χ2v) is 6.03. The van der Waals surface area contributed by atoms with E-state index < -0.39 is 0 Å². The summed E-state index contributed by atoms with van der Waals surface area (Å²) >= 11 is 0. The van der Waals surface area contributed by atoms with Gasteiger partial charge in [-0.15, -0.1) is 0 Å². The Labute approximate surface area is 108 Å². The molecule has 1 aliphatic rings. The zero-order valence-electron chi connectivity index (χ0n) is 12.4. The van der Waals surface area contributed by atoms with Gasteiger partial charge in [-0.1, -0.05) is 33.1 Å². The van der Waals surface area contributed by atoms with Crippen molar-refractivity contribution in [2.75, 3.05) is 26.7 Å². The number of rotatable bonds is 7. The highest BCUT2D eigenvalue weighted by atomic mass is 15.1. The van der Waals surface area contributed by atoms with E-state index in [-0.39, 0.29) is 0 Å². The topological polar surface area (TPSA) is 15.3 Å². The molecule has 102 valence electrons. The number of likely N-dealkylation sites (tertiary alicyclic amines) is 1. The summed E-state index contributed by atoms with van der Waals surface area (Å²) in [6.45, 7) is 10.9. The van der Waals surface area contributed by atoms with Crippen LogP contribution < -0.4 is 5.32 Å². The Kier molecular flexibility index (Phi) is 6.50. The van der Waals surface area contributed by atoms with Crippen molar-refractivity contribution in [2.45, 2.75) is 64.8 Å². The first-order valence-electron chi connectivity index (χ1n) is 7.54. The minimum atomic E-state index is 0.391. The van der Waals surface area contributed by atoms with Crippen molar-refractivity contribution in [3.8, 4) is 0 Å². The van der Waals surface area contributed by atoms with Crippen LogP contribution in [0, 0.1) is 5.92 Å². The van der Waals surface area contributed by atoms with Gasteiger partial charge in [-0.05, 0) is 52.2 Å². The van der Waals surface area contributed by atoms with Crippen molar-refractivity contribution in [3.63, 3.8) is 0 Å². The minimum absolute atomic E-state index is 0.391. The lowest BCUT2D eigenvalue weighted by Crippen LogP contribution is -2.50. The standard InChI is InChI=1S/C15H32N2/c1-5-7-8-14(6-2)13-17-11-9-15(3,16-4)10-12-17/h14,16H,5-13H2,1-4H3. The molecule has 0 saturated carbocycles. The van der Waals surface area contributed by atoms with E-state index in [1.54, 1.807) is 0 Å². The molecule has 2 heteroatoms. The largest absolute Gasteiger partial charge is 0.314 e. The van der Waals surface area contributed by atoms with Gasteiger partial charge in [0.15, 0.2) is 0 Å². The Hall–Kier alpha value is -0.0800. The summed E-state index contributed by atoms with van der Waals surface area (Å²) in [4.78, 5) is 2.68. The van der Waals surface area contributed by atoms with E-state index in [1.807, 2.05) is 0 Å². The van der Waals surface area contributed by atoms with Gasteiger partial charge < -0.3 is 10.2 Å². The third kappa shape index (κ3) is 4.97. The van der Waals surface area contributed by atoms with Crippen LogP contribution in [0.5, 0.6) is 0 Å². The van der Waals surface area contributed by atoms with E-state index in [2.05, 4.69) is 38.0 Å². The lowest BCUT2D eigenvalue weighted by atomic mass is 9.89. The Morgan fingerprint density at radius 3 is 2.35 bits per heavy atom. The second kappa shape index (κ2) is 7.38. The van der Waals surface area contributed by atoms with Gasteiger partial charge in [-0.3, -0.25) is 0 Å². The summed E-state index contributed by atoms with van der Waals surface area (Å²) in [5.74, 6) is 0.925. The Morgan fingerprint density at radius 1 is 1.24 bits per heavy atom. The van der Waals surface area contributed by atoms with Crippen molar-refractivity contribution < 1.29 is 0 Å². The normalized spacial score (nSPS) is 22.6. The smallest absolute Gasteiger partial charge is 0.0174 e. The number of hydrogen-bond donors (Lipinski definition) is 1. The molecule has 0 aromatic heterocycles. The maximum absolute atomic E-state index is 3.48. The van der Waals surface area contributed by atoms with Crippen molar-refractivity contribution in [3.05, 3.63) is 0 Å². The average molecular weight is 240 g/mol. The molecule has 1 saturated heterocycles. The molecule has 0 spiro atoms. The molecule has 0 aromatic carbocycles. The molecule has 0 radical (unpaired) electrons. The fourth-order valence-electron chi connectivity index (χ4n) is 2.76. The Morgan fingerprint density at radius 2 is 1.88 bits per heavy atom. The third-order valence-electron chi connectivity index (χ3n) is 4.62. The molecule has 1 aliphatic heterocycles. The molecule has 2 nitrogen and oxygen atoms in total. The molecule has 0 aromatic rings. The highest BCUT2D eigenvalue weighted by Gasteiger charge is 2.28. The summed E-state index contributed by atoms with van der Waals surface area (Å²) in [5.41, 5.74) is 0.391. The summed E-state index contributed by atoms with van der Waals surface area (Å²) in [6, 6.07) is 0. The molecular weight excluding hydrogens is 208 g/mol. The number of nitrogens with zero attached hydrogens (tertiary/aromatic N) is 1. The zero-order valence-corrected chi connectivity index (χ0v) is 12.4. The average Bonchev–Trinajstić information content (AvgIpc) is 2.37. The Bertz CT molecular complexity index is 195. The summed E-state index contributed by atoms with van der Waals surface area (Å²) in [5, 5.41) is 3.48. The van der Waals surface area contributed by atoms with Crippen molar-refractivity contribution in [1.29, 1.82) is 0 Å². The molecule has 1 atom stereocenters.